The molecule has 0 N–H and O–H groups in total. The summed E-state index contributed by atoms with van der Waals surface area (Å²) in [5.41, 5.74) is 16.5. The smallest absolute Gasteiger partial charge is 0.227 e. The van der Waals surface area contributed by atoms with E-state index in [0.717, 1.165) is 71.7 Å². The van der Waals surface area contributed by atoms with Crippen LogP contribution < -0.4 is 0 Å². The second-order valence-electron chi connectivity index (χ2n) is 19.4. The van der Waals surface area contributed by atoms with Crippen molar-refractivity contribution in [1.29, 1.82) is 0 Å². The fraction of sp³-hybridized carbons (Fsp3) is 0. The summed E-state index contributed by atoms with van der Waals surface area (Å²) in [5, 5.41) is 9.04. The highest BCUT2D eigenvalue weighted by Gasteiger charge is 2.20. The number of aromatic nitrogens is 5. The van der Waals surface area contributed by atoms with Gasteiger partial charge in [-0.2, -0.15) is 0 Å². The molecule has 354 valence electrons. The zero-order valence-electron chi connectivity index (χ0n) is 41.0. The topological polar surface area (TPSA) is 69.6 Å². The van der Waals surface area contributed by atoms with E-state index >= 15 is 0 Å². The Labute approximate surface area is 437 Å². The fourth-order valence-corrected chi connectivity index (χ4v) is 11.2. The number of hydrogen-bond donors (Lipinski definition) is 0. The van der Waals surface area contributed by atoms with Crippen LogP contribution in [0.3, 0.4) is 0 Å². The summed E-state index contributed by atoms with van der Waals surface area (Å²) in [6.45, 7) is 0. The molecule has 15 rings (SSSR count). The molecule has 0 atom stereocenters. The van der Waals surface area contributed by atoms with Crippen molar-refractivity contribution in [3.05, 3.63) is 261 Å². The predicted octanol–water partition coefficient (Wildman–Crippen LogP) is 18.2. The summed E-state index contributed by atoms with van der Waals surface area (Å²) in [7, 11) is 0. The molecular weight excluding hydrogens is 927 g/mol. The van der Waals surface area contributed by atoms with Crippen LogP contribution in [0.4, 0.5) is 0 Å². The van der Waals surface area contributed by atoms with E-state index in [9.17, 15) is 0 Å². The minimum atomic E-state index is 0.525. The summed E-state index contributed by atoms with van der Waals surface area (Å²) in [4.78, 5) is 20.4. The van der Waals surface area contributed by atoms with E-state index in [2.05, 4.69) is 235 Å². The van der Waals surface area contributed by atoms with Gasteiger partial charge in [-0.1, -0.05) is 200 Å². The average Bonchev–Trinajstić information content (AvgIpc) is 4.07. The minimum absolute atomic E-state index is 0.525. The van der Waals surface area contributed by atoms with Crippen molar-refractivity contribution in [3.63, 3.8) is 0 Å². The van der Waals surface area contributed by atoms with Gasteiger partial charge in [0, 0.05) is 50.1 Å². The molecule has 11 aromatic carbocycles. The molecule has 6 heteroatoms. The summed E-state index contributed by atoms with van der Waals surface area (Å²) in [5.74, 6) is 1.66. The molecule has 4 aromatic heterocycles. The number of rotatable bonds is 8. The van der Waals surface area contributed by atoms with Crippen molar-refractivity contribution in [3.8, 4) is 84.4 Å². The van der Waals surface area contributed by atoms with Gasteiger partial charge in [0.25, 0.3) is 0 Å². The largest absolute Gasteiger partial charge is 0.438 e. The molecule has 0 aliphatic carbocycles. The van der Waals surface area contributed by atoms with Crippen molar-refractivity contribution < 1.29 is 4.42 Å². The van der Waals surface area contributed by atoms with Crippen LogP contribution in [-0.4, -0.2) is 24.5 Å². The maximum atomic E-state index is 6.13. The second kappa shape index (κ2) is 17.7. The molecule has 4 heterocycles. The van der Waals surface area contributed by atoms with E-state index in [0.29, 0.717) is 23.2 Å². The molecule has 6 nitrogen and oxygen atoms in total. The van der Waals surface area contributed by atoms with Gasteiger partial charge in [-0.25, -0.2) is 19.9 Å². The van der Waals surface area contributed by atoms with E-state index < -0.39 is 0 Å². The van der Waals surface area contributed by atoms with Crippen LogP contribution in [0.1, 0.15) is 0 Å². The minimum Gasteiger partial charge on any atom is -0.438 e. The lowest BCUT2D eigenvalue weighted by Gasteiger charge is -2.14. The molecule has 0 aliphatic rings. The van der Waals surface area contributed by atoms with E-state index in [-0.39, 0.29) is 0 Å². The van der Waals surface area contributed by atoms with Crippen LogP contribution in [0.2, 0.25) is 0 Å². The Morgan fingerprint density at radius 2 is 0.816 bits per heavy atom. The molecular formula is C70H43N5O. The Hall–Kier alpha value is -10.3. The van der Waals surface area contributed by atoms with Gasteiger partial charge >= 0.3 is 0 Å². The molecule has 0 radical (unpaired) electrons. The number of fused-ring (bicyclic) bond motifs is 9. The fourth-order valence-electron chi connectivity index (χ4n) is 11.2. The van der Waals surface area contributed by atoms with Crippen LogP contribution in [0.5, 0.6) is 0 Å². The van der Waals surface area contributed by atoms with Crippen LogP contribution in [0, 0.1) is 0 Å². The summed E-state index contributed by atoms with van der Waals surface area (Å²) in [6, 6.07) is 90.5. The van der Waals surface area contributed by atoms with E-state index in [4.69, 9.17) is 24.4 Å². The quantitative estimate of drug-likeness (QED) is 0.152. The van der Waals surface area contributed by atoms with Crippen molar-refractivity contribution in [2.45, 2.75) is 0 Å². The van der Waals surface area contributed by atoms with Gasteiger partial charge in [0.2, 0.25) is 5.71 Å². The first kappa shape index (κ1) is 43.3. The monoisotopic (exact) mass is 969 g/mol. The first-order chi connectivity index (χ1) is 37.6. The lowest BCUT2D eigenvalue weighted by molar-refractivity contribution is 0.654. The highest BCUT2D eigenvalue weighted by molar-refractivity contribution is 6.24. The third-order valence-corrected chi connectivity index (χ3v) is 14.9. The van der Waals surface area contributed by atoms with Gasteiger partial charge in [-0.05, 0) is 121 Å². The molecule has 15 aromatic rings. The molecule has 76 heavy (non-hydrogen) atoms. The van der Waals surface area contributed by atoms with Crippen LogP contribution in [0.25, 0.3) is 150 Å². The molecule has 0 saturated heterocycles. The third kappa shape index (κ3) is 7.42. The molecule has 0 saturated carbocycles. The number of pyridine rings is 1. The Bertz CT molecular complexity index is 4750. The summed E-state index contributed by atoms with van der Waals surface area (Å²) in [6.07, 6.45) is 1.79. The molecule has 0 bridgehead atoms. The lowest BCUT2D eigenvalue weighted by Crippen LogP contribution is -2.00. The van der Waals surface area contributed by atoms with Gasteiger partial charge in [-0.3, -0.25) is 0 Å². The second-order valence-corrected chi connectivity index (χ2v) is 19.4. The molecule has 0 aliphatic heterocycles. The lowest BCUT2D eigenvalue weighted by atomic mass is 9.93. The maximum absolute atomic E-state index is 6.13. The van der Waals surface area contributed by atoms with Gasteiger partial charge in [0.05, 0.1) is 11.0 Å². The summed E-state index contributed by atoms with van der Waals surface area (Å²) >= 11 is 0. The molecule has 0 unspecified atom stereocenters. The number of furan rings is 1. The Morgan fingerprint density at radius 1 is 0.303 bits per heavy atom. The predicted molar refractivity (Wildman–Crippen MR) is 312 cm³/mol. The first-order valence-electron chi connectivity index (χ1n) is 25.6. The normalized spacial score (nSPS) is 11.7. The Balaban J connectivity index is 0.854. The van der Waals surface area contributed by atoms with Gasteiger partial charge in [-0.15, -0.1) is 0 Å². The van der Waals surface area contributed by atoms with Crippen LogP contribution in [0.15, 0.2) is 265 Å². The van der Waals surface area contributed by atoms with Gasteiger partial charge < -0.3 is 8.98 Å². The summed E-state index contributed by atoms with van der Waals surface area (Å²) < 4.78 is 8.55. The van der Waals surface area contributed by atoms with Crippen molar-refractivity contribution in [2.75, 3.05) is 0 Å². The zero-order valence-corrected chi connectivity index (χ0v) is 41.0. The Kier molecular flexibility index (Phi) is 10.1. The van der Waals surface area contributed by atoms with E-state index in [1.165, 1.54) is 54.9 Å². The Morgan fingerprint density at radius 3 is 1.58 bits per heavy atom. The van der Waals surface area contributed by atoms with E-state index in [1.54, 1.807) is 6.20 Å². The van der Waals surface area contributed by atoms with Gasteiger partial charge in [0.1, 0.15) is 5.58 Å². The zero-order chi connectivity index (χ0) is 50.1. The standard InChI is InChI=1S/C70H43N5O/c1-3-15-44(16-4-1)46-29-31-47(32-30-46)61-42-64-66(59-25-8-7-23-57(59)61)60-26-9-11-27-63(60)75(64)56-22-14-20-49(40-56)48-19-13-21-53(38-48)67-72-68(54-36-35-51-37-50(33-34-52(51)39-54)45-17-5-2-6-18-45)74-69(73-67)55-41-62-58-24-10-12-28-65(58)76-70(62)71-43-55/h1-43H. The number of hydrogen-bond acceptors (Lipinski definition) is 5. The average molecular weight is 970 g/mol. The highest BCUT2D eigenvalue weighted by atomic mass is 16.3. The van der Waals surface area contributed by atoms with Crippen LogP contribution in [-0.2, 0) is 0 Å². The number of nitrogens with zero attached hydrogens (tertiary/aromatic N) is 5. The van der Waals surface area contributed by atoms with Crippen molar-refractivity contribution >= 4 is 65.4 Å². The SMILES string of the molecule is c1ccc(-c2ccc(-c3cc4c(c5ccccc35)c3ccccc3n4-c3cccc(-c4cccc(-c5nc(-c6ccc7cc(-c8ccccc8)ccc7c6)nc(-c6cnc7oc8ccccc8c7c6)n5)c4)c3)cc2)cc1. The maximum Gasteiger partial charge on any atom is 0.227 e. The first-order valence-corrected chi connectivity index (χ1v) is 25.6. The molecule has 0 spiro atoms. The number of para-hydroxylation sites is 2. The van der Waals surface area contributed by atoms with Crippen molar-refractivity contribution in [1.82, 2.24) is 24.5 Å². The van der Waals surface area contributed by atoms with Crippen LogP contribution >= 0.6 is 0 Å². The third-order valence-electron chi connectivity index (χ3n) is 14.9. The van der Waals surface area contributed by atoms with E-state index in [1.807, 2.05) is 24.3 Å². The number of benzene rings is 11. The van der Waals surface area contributed by atoms with Gasteiger partial charge in [0.15, 0.2) is 17.5 Å². The highest BCUT2D eigenvalue weighted by Crippen LogP contribution is 2.43. The van der Waals surface area contributed by atoms with Crippen molar-refractivity contribution in [2.24, 2.45) is 0 Å². The molecule has 0 amide bonds. The molecule has 0 fully saturated rings.